The maximum absolute atomic E-state index is 13.2. The van der Waals surface area contributed by atoms with Crippen LogP contribution in [0.5, 0.6) is 0 Å². The lowest BCUT2D eigenvalue weighted by molar-refractivity contribution is -0.146. The molecule has 0 bridgehead atoms. The number of hydrogen-bond donors (Lipinski definition) is 3. The van der Waals surface area contributed by atoms with Crippen molar-refractivity contribution >= 4 is 75.0 Å². The lowest BCUT2D eigenvalue weighted by Gasteiger charge is -2.46. The number of amides is 2. The summed E-state index contributed by atoms with van der Waals surface area (Å²) in [7, 11) is 0. The molecule has 0 spiro atoms. The fraction of sp³-hybridized carbons (Fsp3) is 0.222. The molecule has 182 valence electrons. The standard InChI is InChI=1S/C18H16N8O5S4/c1-2-4-31-24-11(13-21-17(19)35-25-13)14(28)22-15-8(3-5-32-18-23-20-7-33-18)12(16(29)30)26-9(27)6-10(26)34-15/h2-3,5,7,10,15H,1,4,6H2,(H,22,28)(H,29,30)(H2,19,21,25)/b5-3+,24-11-/t10-,15?/m1/s1. The van der Waals surface area contributed by atoms with Crippen LogP contribution in [0.1, 0.15) is 12.2 Å². The molecular formula is C18H16N8O5S4. The number of nitrogens with zero attached hydrogens (tertiary/aromatic N) is 6. The zero-order chi connectivity index (χ0) is 24.9. The average molecular weight is 553 g/mol. The van der Waals surface area contributed by atoms with Crippen molar-refractivity contribution in [3.63, 3.8) is 0 Å². The number of carboxylic acid groups (broad SMARTS) is 1. The number of rotatable bonds is 10. The summed E-state index contributed by atoms with van der Waals surface area (Å²) >= 11 is 4.64. The summed E-state index contributed by atoms with van der Waals surface area (Å²) in [6, 6.07) is 0. The minimum Gasteiger partial charge on any atom is -0.477 e. The van der Waals surface area contributed by atoms with Crippen LogP contribution in [0.25, 0.3) is 0 Å². The van der Waals surface area contributed by atoms with E-state index in [1.54, 1.807) is 10.9 Å². The molecule has 17 heteroatoms. The summed E-state index contributed by atoms with van der Waals surface area (Å²) in [5.41, 5.74) is 6.98. The van der Waals surface area contributed by atoms with E-state index in [9.17, 15) is 19.5 Å². The molecule has 13 nitrogen and oxygen atoms in total. The van der Waals surface area contributed by atoms with Crippen LogP contribution >= 0.6 is 46.4 Å². The van der Waals surface area contributed by atoms with Gasteiger partial charge in [0.2, 0.25) is 17.4 Å². The van der Waals surface area contributed by atoms with Gasteiger partial charge in [-0.25, -0.2) is 4.79 Å². The summed E-state index contributed by atoms with van der Waals surface area (Å²) in [6.45, 7) is 3.56. The van der Waals surface area contributed by atoms with Gasteiger partial charge in [-0.1, -0.05) is 40.9 Å². The van der Waals surface area contributed by atoms with Gasteiger partial charge in [0.1, 0.15) is 23.2 Å². The lowest BCUT2D eigenvalue weighted by Crippen LogP contribution is -2.57. The zero-order valence-electron chi connectivity index (χ0n) is 17.6. The fourth-order valence-electron chi connectivity index (χ4n) is 3.00. The fourth-order valence-corrected chi connectivity index (χ4v) is 6.07. The number of β-lactam (4-membered cyclic amide) rings is 1. The van der Waals surface area contributed by atoms with Crippen molar-refractivity contribution in [1.29, 1.82) is 0 Å². The Labute approximate surface area is 214 Å². The van der Waals surface area contributed by atoms with Gasteiger partial charge in [-0.3, -0.25) is 14.5 Å². The Morgan fingerprint density at radius 1 is 1.49 bits per heavy atom. The maximum atomic E-state index is 13.2. The Bertz CT molecular complexity index is 1240. The number of carboxylic acids is 1. The summed E-state index contributed by atoms with van der Waals surface area (Å²) in [5, 5.41) is 24.6. The molecule has 35 heavy (non-hydrogen) atoms. The van der Waals surface area contributed by atoms with Crippen molar-refractivity contribution in [3.8, 4) is 0 Å². The van der Waals surface area contributed by atoms with E-state index in [1.165, 1.54) is 51.9 Å². The summed E-state index contributed by atoms with van der Waals surface area (Å²) in [4.78, 5) is 47.8. The van der Waals surface area contributed by atoms with Crippen LogP contribution in [0, 0.1) is 0 Å². The number of nitrogens with one attached hydrogen (secondary N) is 1. The Morgan fingerprint density at radius 2 is 2.31 bits per heavy atom. The number of aromatic nitrogens is 4. The molecule has 0 aliphatic carbocycles. The quantitative estimate of drug-likeness (QED) is 0.0958. The van der Waals surface area contributed by atoms with E-state index < -0.39 is 22.6 Å². The van der Waals surface area contributed by atoms with Gasteiger partial charge < -0.3 is 21.0 Å². The van der Waals surface area contributed by atoms with Crippen LogP contribution in [0.2, 0.25) is 0 Å². The van der Waals surface area contributed by atoms with Crippen molar-refractivity contribution in [2.24, 2.45) is 5.16 Å². The molecule has 1 saturated heterocycles. The Morgan fingerprint density at radius 3 is 2.94 bits per heavy atom. The number of anilines is 1. The number of hydrogen-bond acceptors (Lipinski definition) is 14. The van der Waals surface area contributed by atoms with Gasteiger partial charge in [0.25, 0.3) is 5.91 Å². The zero-order valence-corrected chi connectivity index (χ0v) is 20.8. The van der Waals surface area contributed by atoms with Gasteiger partial charge in [0.15, 0.2) is 9.47 Å². The van der Waals surface area contributed by atoms with Crippen molar-refractivity contribution in [1.82, 2.24) is 29.8 Å². The van der Waals surface area contributed by atoms with Gasteiger partial charge in [-0.05, 0) is 11.5 Å². The van der Waals surface area contributed by atoms with E-state index >= 15 is 0 Å². The van der Waals surface area contributed by atoms with Crippen LogP contribution in [-0.4, -0.2) is 70.4 Å². The number of nitrogens with two attached hydrogens (primary N) is 1. The minimum atomic E-state index is -1.29. The number of aliphatic carboxylic acids is 1. The molecule has 1 unspecified atom stereocenters. The average Bonchev–Trinajstić information content (AvgIpc) is 3.48. The van der Waals surface area contributed by atoms with E-state index in [2.05, 4.69) is 36.6 Å². The third-order valence-corrected chi connectivity index (χ3v) is 7.93. The third kappa shape index (κ3) is 5.53. The van der Waals surface area contributed by atoms with Gasteiger partial charge in [0, 0.05) is 17.1 Å². The SMILES string of the molecule is C=CCO/N=C(\C(=O)NC1S[C@@H]2CC(=O)N2C(C(=O)O)=C1/C=C/Sc1nncs1)c1nsc(N)n1. The number of carbonyl (C=O) groups excluding carboxylic acids is 2. The largest absolute Gasteiger partial charge is 0.477 e. The highest BCUT2D eigenvalue weighted by Crippen LogP contribution is 2.43. The van der Waals surface area contributed by atoms with E-state index in [-0.39, 0.29) is 46.9 Å². The van der Waals surface area contributed by atoms with Gasteiger partial charge >= 0.3 is 5.97 Å². The number of thioether (sulfide) groups is 2. The highest BCUT2D eigenvalue weighted by atomic mass is 32.2. The van der Waals surface area contributed by atoms with Crippen LogP contribution in [0.15, 0.2) is 50.4 Å². The molecule has 2 aliphatic heterocycles. The lowest BCUT2D eigenvalue weighted by atomic mass is 10.1. The number of nitrogen functional groups attached to an aromatic ring is 1. The predicted molar refractivity (Wildman–Crippen MR) is 131 cm³/mol. The van der Waals surface area contributed by atoms with Crippen molar-refractivity contribution in [2.45, 2.75) is 21.5 Å². The normalized spacial score (nSPS) is 19.9. The Balaban J connectivity index is 1.65. The van der Waals surface area contributed by atoms with E-state index in [0.717, 1.165) is 11.5 Å². The van der Waals surface area contributed by atoms with Crippen LogP contribution < -0.4 is 11.1 Å². The minimum absolute atomic E-state index is 0.0353. The van der Waals surface area contributed by atoms with E-state index in [4.69, 9.17) is 10.6 Å². The molecule has 0 radical (unpaired) electrons. The second-order valence-corrected chi connectivity index (χ2v) is 10.7. The van der Waals surface area contributed by atoms with Crippen LogP contribution in [0.3, 0.4) is 0 Å². The van der Waals surface area contributed by atoms with Gasteiger partial charge in [0.05, 0.1) is 11.8 Å². The molecule has 0 saturated carbocycles. The third-order valence-electron chi connectivity index (χ3n) is 4.43. The Hall–Kier alpha value is -3.28. The molecule has 2 aromatic heterocycles. The van der Waals surface area contributed by atoms with Gasteiger partial charge in [-0.15, -0.1) is 22.0 Å². The van der Waals surface area contributed by atoms with Gasteiger partial charge in [-0.2, -0.15) is 9.36 Å². The molecular weight excluding hydrogens is 537 g/mol. The molecule has 2 aromatic rings. The number of oxime groups is 1. The highest BCUT2D eigenvalue weighted by molar-refractivity contribution is 8.03. The summed E-state index contributed by atoms with van der Waals surface area (Å²) < 4.78 is 4.65. The second kappa shape index (κ2) is 11.0. The molecule has 2 aliphatic rings. The molecule has 1 fully saturated rings. The molecule has 0 aromatic carbocycles. The smallest absolute Gasteiger partial charge is 0.353 e. The Kier molecular flexibility index (Phi) is 7.79. The van der Waals surface area contributed by atoms with E-state index in [1.807, 2.05) is 0 Å². The summed E-state index contributed by atoms with van der Waals surface area (Å²) in [6.07, 6.45) is 3.12. The highest BCUT2D eigenvalue weighted by Gasteiger charge is 2.48. The molecule has 2 atom stereocenters. The first-order valence-electron chi connectivity index (χ1n) is 9.64. The monoisotopic (exact) mass is 552 g/mol. The first kappa shape index (κ1) is 24.8. The molecule has 2 amide bonds. The second-order valence-electron chi connectivity index (χ2n) is 6.63. The number of carbonyl (C=O) groups is 3. The number of fused-ring (bicyclic) bond motifs is 1. The van der Waals surface area contributed by atoms with Crippen LogP contribution in [-0.2, 0) is 19.2 Å². The van der Waals surface area contributed by atoms with E-state index in [0.29, 0.717) is 4.34 Å². The molecule has 4 rings (SSSR count). The van der Waals surface area contributed by atoms with Crippen molar-refractivity contribution in [2.75, 3.05) is 12.3 Å². The summed E-state index contributed by atoms with van der Waals surface area (Å²) in [5.74, 6) is -2.35. The maximum Gasteiger partial charge on any atom is 0.353 e. The first-order valence-corrected chi connectivity index (χ1v) is 13.1. The molecule has 4 heterocycles. The topological polar surface area (TPSA) is 186 Å². The molecule has 4 N–H and O–H groups in total. The van der Waals surface area contributed by atoms with Crippen LogP contribution in [0.4, 0.5) is 5.13 Å². The first-order chi connectivity index (χ1) is 16.9. The van der Waals surface area contributed by atoms with Crippen molar-refractivity contribution in [3.05, 3.63) is 46.7 Å². The predicted octanol–water partition coefficient (Wildman–Crippen LogP) is 1.27. The van der Waals surface area contributed by atoms with Crippen molar-refractivity contribution < 1.29 is 24.3 Å².